The van der Waals surface area contributed by atoms with E-state index in [0.29, 0.717) is 0 Å². The van der Waals surface area contributed by atoms with Gasteiger partial charge in [-0.15, -0.1) is 0 Å². The average Bonchev–Trinajstić information content (AvgIpc) is 3.46. The van der Waals surface area contributed by atoms with Gasteiger partial charge < -0.3 is 4.57 Å². The maximum atomic E-state index is 5.15. The zero-order valence-corrected chi connectivity index (χ0v) is 24.7. The van der Waals surface area contributed by atoms with Crippen LogP contribution in [0.15, 0.2) is 127 Å². The number of aromatic nitrogens is 4. The fourth-order valence-corrected chi connectivity index (χ4v) is 6.92. The highest BCUT2D eigenvalue weighted by molar-refractivity contribution is 6.09. The molecule has 5 heterocycles. The first-order valence-electron chi connectivity index (χ1n) is 15.6. The van der Waals surface area contributed by atoms with Gasteiger partial charge in [0.25, 0.3) is 0 Å². The number of hydrogen-bond acceptors (Lipinski definition) is 4. The number of allylic oxidation sites excluding steroid dienone is 2. The summed E-state index contributed by atoms with van der Waals surface area (Å²) in [6, 6.07) is 32.2. The normalized spacial score (nSPS) is 14.5. The molecule has 0 unspecified atom stereocenters. The first-order valence-corrected chi connectivity index (χ1v) is 15.6. The average molecular weight is 580 g/mol. The summed E-state index contributed by atoms with van der Waals surface area (Å²) in [6.45, 7) is 0. The quantitative estimate of drug-likeness (QED) is 0.209. The zero-order valence-electron chi connectivity index (χ0n) is 24.7. The van der Waals surface area contributed by atoms with Gasteiger partial charge in [-0.2, -0.15) is 0 Å². The summed E-state index contributed by atoms with van der Waals surface area (Å²) in [5.41, 5.74) is 12.4. The van der Waals surface area contributed by atoms with Gasteiger partial charge in [0, 0.05) is 63.5 Å². The Morgan fingerprint density at radius 3 is 2.27 bits per heavy atom. The second-order valence-corrected chi connectivity index (χ2v) is 11.8. The van der Waals surface area contributed by atoms with Crippen molar-refractivity contribution in [3.8, 4) is 16.8 Å². The van der Waals surface area contributed by atoms with Crippen molar-refractivity contribution in [2.24, 2.45) is 4.99 Å². The van der Waals surface area contributed by atoms with Gasteiger partial charge >= 0.3 is 0 Å². The summed E-state index contributed by atoms with van der Waals surface area (Å²) in [5.74, 6) is 0. The van der Waals surface area contributed by atoms with E-state index in [4.69, 9.17) is 15.0 Å². The smallest absolute Gasteiger partial charge is 0.0844 e. The molecule has 0 saturated carbocycles. The summed E-state index contributed by atoms with van der Waals surface area (Å²) < 4.78 is 2.31. The number of aryl methyl sites for hydroxylation is 1. The lowest BCUT2D eigenvalue weighted by atomic mass is 9.92. The van der Waals surface area contributed by atoms with Crippen molar-refractivity contribution in [3.05, 3.63) is 145 Å². The molecule has 214 valence electrons. The second kappa shape index (κ2) is 10.5. The van der Waals surface area contributed by atoms with E-state index in [2.05, 4.69) is 113 Å². The van der Waals surface area contributed by atoms with Crippen LogP contribution >= 0.6 is 0 Å². The summed E-state index contributed by atoms with van der Waals surface area (Å²) in [6.07, 6.45) is 16.0. The molecule has 4 aromatic heterocycles. The third-order valence-corrected chi connectivity index (χ3v) is 9.17. The summed E-state index contributed by atoms with van der Waals surface area (Å²) in [7, 11) is 0. The highest BCUT2D eigenvalue weighted by Gasteiger charge is 2.19. The molecule has 0 fully saturated rings. The van der Waals surface area contributed by atoms with Gasteiger partial charge in [-0.3, -0.25) is 19.9 Å². The Balaban J connectivity index is 0.998. The van der Waals surface area contributed by atoms with Crippen LogP contribution in [0, 0.1) is 0 Å². The van der Waals surface area contributed by atoms with Gasteiger partial charge in [-0.25, -0.2) is 0 Å². The maximum absolute atomic E-state index is 5.15. The third-order valence-electron chi connectivity index (χ3n) is 9.17. The van der Waals surface area contributed by atoms with Crippen molar-refractivity contribution in [2.75, 3.05) is 0 Å². The summed E-state index contributed by atoms with van der Waals surface area (Å²) in [5, 5.41) is 4.86. The first kappa shape index (κ1) is 25.8. The molecule has 1 aliphatic carbocycles. The van der Waals surface area contributed by atoms with Gasteiger partial charge in [0.1, 0.15) is 0 Å². The third kappa shape index (κ3) is 4.31. The van der Waals surface area contributed by atoms with Crippen LogP contribution in [0.3, 0.4) is 0 Å². The Kier molecular flexibility index (Phi) is 6.01. The fraction of sp³-hybridized carbons (Fsp3) is 0.100. The molecule has 0 N–H and O–H groups in total. The molecule has 0 bridgehead atoms. The molecule has 0 radical (unpaired) electrons. The lowest BCUT2D eigenvalue weighted by Crippen LogP contribution is -2.09. The van der Waals surface area contributed by atoms with Crippen LogP contribution in [0.4, 0.5) is 0 Å². The van der Waals surface area contributed by atoms with E-state index in [1.54, 1.807) is 0 Å². The Morgan fingerprint density at radius 2 is 1.44 bits per heavy atom. The lowest BCUT2D eigenvalue weighted by Gasteiger charge is -2.19. The van der Waals surface area contributed by atoms with Crippen LogP contribution in [-0.4, -0.2) is 25.2 Å². The number of hydrogen-bond donors (Lipinski definition) is 0. The van der Waals surface area contributed by atoms with Crippen LogP contribution < -0.4 is 0 Å². The highest BCUT2D eigenvalue weighted by atomic mass is 15.0. The van der Waals surface area contributed by atoms with Crippen LogP contribution in [0.25, 0.3) is 61.0 Å². The zero-order chi connectivity index (χ0) is 29.7. The molecule has 3 aromatic carbocycles. The largest absolute Gasteiger partial charge is 0.309 e. The molecule has 7 aromatic rings. The topological polar surface area (TPSA) is 56.0 Å². The van der Waals surface area contributed by atoms with E-state index < -0.39 is 0 Å². The van der Waals surface area contributed by atoms with Crippen molar-refractivity contribution in [1.29, 1.82) is 0 Å². The number of pyridine rings is 3. The van der Waals surface area contributed by atoms with Crippen LogP contribution in [0.2, 0.25) is 0 Å². The van der Waals surface area contributed by atoms with Crippen LogP contribution in [0.1, 0.15) is 41.9 Å². The van der Waals surface area contributed by atoms with Crippen molar-refractivity contribution in [2.45, 2.75) is 25.7 Å². The minimum Gasteiger partial charge on any atom is -0.309 e. The van der Waals surface area contributed by atoms with Crippen LogP contribution in [0.5, 0.6) is 0 Å². The number of fused-ring (bicyclic) bond motifs is 6. The van der Waals surface area contributed by atoms with E-state index in [1.165, 1.54) is 38.5 Å². The van der Waals surface area contributed by atoms with Gasteiger partial charge in [0.15, 0.2) is 0 Å². The Hall–Kier alpha value is -5.68. The Bertz CT molecular complexity index is 2300. The van der Waals surface area contributed by atoms with Crippen molar-refractivity contribution >= 4 is 49.9 Å². The standard InChI is InChI=1S/C40H29N5/c1-2-10-33-30(7-1)31-8-3-5-11-35(31)44-40(33)28-16-20-37(43-24-28)36-19-15-27(23-42-36)26-13-17-29(18-14-26)45-38-12-6-4-9-32(38)34-25-41-22-21-39(34)45/h1-4,6-10,12-15,17-19,21-25H,5,11,16,20H2. The molecular formula is C40H29N5. The predicted molar refractivity (Wildman–Crippen MR) is 185 cm³/mol. The maximum Gasteiger partial charge on any atom is 0.0844 e. The summed E-state index contributed by atoms with van der Waals surface area (Å²) in [4.78, 5) is 19.3. The molecule has 0 saturated heterocycles. The molecule has 0 spiro atoms. The van der Waals surface area contributed by atoms with Crippen LogP contribution in [-0.2, 0) is 6.42 Å². The number of rotatable bonds is 4. The molecule has 5 heteroatoms. The molecule has 9 rings (SSSR count). The molecule has 2 aliphatic rings. The highest BCUT2D eigenvalue weighted by Crippen LogP contribution is 2.35. The van der Waals surface area contributed by atoms with E-state index in [0.717, 1.165) is 70.5 Å². The van der Waals surface area contributed by atoms with Gasteiger partial charge in [0.05, 0.1) is 28.1 Å². The Labute approximate surface area is 261 Å². The first-order chi connectivity index (χ1) is 22.3. The number of nitrogens with zero attached hydrogens (tertiary/aromatic N) is 5. The van der Waals surface area contributed by atoms with Crippen molar-refractivity contribution in [3.63, 3.8) is 0 Å². The molecule has 0 amide bonds. The van der Waals surface area contributed by atoms with Crippen molar-refractivity contribution < 1.29 is 0 Å². The van der Waals surface area contributed by atoms with E-state index in [1.807, 2.05) is 24.8 Å². The predicted octanol–water partition coefficient (Wildman–Crippen LogP) is 9.37. The molecule has 0 atom stereocenters. The molecule has 45 heavy (non-hydrogen) atoms. The number of para-hydroxylation sites is 1. The fourth-order valence-electron chi connectivity index (χ4n) is 6.92. The van der Waals surface area contributed by atoms with Gasteiger partial charge in [0.2, 0.25) is 0 Å². The van der Waals surface area contributed by atoms with Gasteiger partial charge in [-0.05, 0) is 72.5 Å². The minimum atomic E-state index is 0.841. The van der Waals surface area contributed by atoms with E-state index in [9.17, 15) is 0 Å². The summed E-state index contributed by atoms with van der Waals surface area (Å²) >= 11 is 0. The van der Waals surface area contributed by atoms with Gasteiger partial charge in [-0.1, -0.05) is 72.8 Å². The number of benzene rings is 3. The molecule has 5 nitrogen and oxygen atoms in total. The molecule has 1 aliphatic heterocycles. The van der Waals surface area contributed by atoms with E-state index in [-0.39, 0.29) is 0 Å². The monoisotopic (exact) mass is 579 g/mol. The second-order valence-electron chi connectivity index (χ2n) is 11.8. The molecular weight excluding hydrogens is 550 g/mol. The van der Waals surface area contributed by atoms with E-state index >= 15 is 0 Å². The Morgan fingerprint density at radius 1 is 0.644 bits per heavy atom. The minimum absolute atomic E-state index is 0.841. The lowest BCUT2D eigenvalue weighted by molar-refractivity contribution is 0.924. The van der Waals surface area contributed by atoms with Crippen molar-refractivity contribution in [1.82, 2.24) is 19.5 Å². The SMILES string of the molecule is C1=Cc2c(nc(C3=CN=C(c4ccc(-c5ccc(-n6c7ccccc7c7cnccc76)cc5)cn4)CC3)c3ccccc23)CC1. The number of aliphatic imine (C=N–C) groups is 1.